The van der Waals surface area contributed by atoms with Crippen molar-refractivity contribution in [3.8, 4) is 6.07 Å². The molecular weight excluding hydrogens is 449 g/mol. The van der Waals surface area contributed by atoms with Crippen molar-refractivity contribution in [2.24, 2.45) is 0 Å². The first-order valence-electron chi connectivity index (χ1n) is 6.95. The Bertz CT molecular complexity index is 967. The van der Waals surface area contributed by atoms with Crippen LogP contribution in [0.1, 0.15) is 5.56 Å². The SMILES string of the molecule is N#Cc1cccc(S(=O)(=O)N[C@H]2CS(=O)(=O)C[C@H]2NC(=O)C(Cl)(Cl)Cl)c1. The molecule has 0 aliphatic carbocycles. The molecule has 1 aliphatic rings. The Hall–Kier alpha value is -1.09. The number of rotatable bonds is 4. The number of halogens is 3. The number of benzene rings is 1. The van der Waals surface area contributed by atoms with Gasteiger partial charge in [-0.2, -0.15) is 5.26 Å². The highest BCUT2D eigenvalue weighted by atomic mass is 35.6. The van der Waals surface area contributed by atoms with E-state index in [9.17, 15) is 21.6 Å². The number of nitrogens with zero attached hydrogens (tertiary/aromatic N) is 1. The number of nitrogens with one attached hydrogen (secondary N) is 2. The predicted octanol–water partition coefficient (Wildman–Crippen LogP) is 0.489. The van der Waals surface area contributed by atoms with Crippen LogP contribution in [-0.2, 0) is 24.7 Å². The molecule has 2 N–H and O–H groups in total. The number of hydrogen-bond acceptors (Lipinski definition) is 6. The third kappa shape index (κ3) is 5.22. The monoisotopic (exact) mass is 459 g/mol. The third-order valence-electron chi connectivity index (χ3n) is 3.51. The van der Waals surface area contributed by atoms with Crippen molar-refractivity contribution in [1.82, 2.24) is 10.0 Å². The fourth-order valence-corrected chi connectivity index (χ4v) is 5.81. The van der Waals surface area contributed by atoms with Crippen molar-refractivity contribution in [2.45, 2.75) is 20.8 Å². The summed E-state index contributed by atoms with van der Waals surface area (Å²) in [5.41, 5.74) is 0.118. The van der Waals surface area contributed by atoms with E-state index in [1.54, 1.807) is 0 Å². The highest BCUT2D eigenvalue weighted by Gasteiger charge is 2.43. The van der Waals surface area contributed by atoms with Crippen LogP contribution in [0.3, 0.4) is 0 Å². The van der Waals surface area contributed by atoms with E-state index in [2.05, 4.69) is 10.0 Å². The highest BCUT2D eigenvalue weighted by molar-refractivity contribution is 7.92. The number of carbonyl (C=O) groups excluding carboxylic acids is 1. The summed E-state index contributed by atoms with van der Waals surface area (Å²) in [7, 11) is -7.77. The maximum absolute atomic E-state index is 12.5. The molecule has 1 aromatic carbocycles. The second-order valence-corrected chi connectivity index (χ2v) is 11.7. The fraction of sp³-hybridized carbons (Fsp3) is 0.385. The summed E-state index contributed by atoms with van der Waals surface area (Å²) < 4.78 is 48.6. The summed E-state index contributed by atoms with van der Waals surface area (Å²) in [6.07, 6.45) is 0. The smallest absolute Gasteiger partial charge is 0.272 e. The van der Waals surface area contributed by atoms with Crippen LogP contribution < -0.4 is 10.0 Å². The summed E-state index contributed by atoms with van der Waals surface area (Å²) in [6, 6.07) is 4.72. The van der Waals surface area contributed by atoms with E-state index >= 15 is 0 Å². The van der Waals surface area contributed by atoms with Gasteiger partial charge in [0, 0.05) is 0 Å². The zero-order valence-corrected chi connectivity index (χ0v) is 16.7. The largest absolute Gasteiger partial charge is 0.347 e. The van der Waals surface area contributed by atoms with E-state index in [-0.39, 0.29) is 10.5 Å². The number of carbonyl (C=O) groups is 1. The lowest BCUT2D eigenvalue weighted by Crippen LogP contribution is -2.53. The van der Waals surface area contributed by atoms with Gasteiger partial charge in [-0.05, 0) is 18.2 Å². The van der Waals surface area contributed by atoms with Gasteiger partial charge < -0.3 is 5.32 Å². The van der Waals surface area contributed by atoms with Gasteiger partial charge in [0.05, 0.1) is 40.1 Å². The molecule has 0 spiro atoms. The van der Waals surface area contributed by atoms with Gasteiger partial charge in [0.15, 0.2) is 9.84 Å². The zero-order chi connectivity index (χ0) is 19.8. The standard InChI is InChI=1S/C13H12Cl3N3O5S2/c14-13(15,16)12(20)18-10-6-25(21,22)7-11(10)19-26(23,24)9-3-1-2-8(4-9)5-17/h1-4,10-11,19H,6-7H2,(H,18,20)/t10-,11+/m1/s1. The molecule has 142 valence electrons. The highest BCUT2D eigenvalue weighted by Crippen LogP contribution is 2.27. The topological polar surface area (TPSA) is 133 Å². The molecule has 0 unspecified atom stereocenters. The normalized spacial score (nSPS) is 22.5. The van der Waals surface area contributed by atoms with E-state index in [0.29, 0.717) is 0 Å². The summed E-state index contributed by atoms with van der Waals surface area (Å²) >= 11 is 16.3. The van der Waals surface area contributed by atoms with Crippen LogP contribution in [0.2, 0.25) is 0 Å². The number of nitriles is 1. The maximum Gasteiger partial charge on any atom is 0.272 e. The maximum atomic E-state index is 12.5. The van der Waals surface area contributed by atoms with Crippen LogP contribution >= 0.6 is 34.8 Å². The van der Waals surface area contributed by atoms with Crippen molar-refractivity contribution in [1.29, 1.82) is 5.26 Å². The Labute approximate surface area is 165 Å². The van der Waals surface area contributed by atoms with E-state index < -0.39 is 53.1 Å². The molecule has 2 atom stereocenters. The summed E-state index contributed by atoms with van der Waals surface area (Å²) in [6.45, 7) is 0. The average molecular weight is 461 g/mol. The molecule has 1 amide bonds. The first kappa shape index (κ1) is 21.2. The lowest BCUT2D eigenvalue weighted by molar-refractivity contribution is -0.120. The molecule has 1 fully saturated rings. The van der Waals surface area contributed by atoms with Crippen molar-refractivity contribution in [2.75, 3.05) is 11.5 Å². The fourth-order valence-electron chi connectivity index (χ4n) is 2.36. The van der Waals surface area contributed by atoms with Crippen LogP contribution in [0.4, 0.5) is 0 Å². The zero-order valence-electron chi connectivity index (χ0n) is 12.8. The molecule has 1 saturated heterocycles. The quantitative estimate of drug-likeness (QED) is 0.628. The average Bonchev–Trinajstić information content (AvgIpc) is 2.79. The first-order chi connectivity index (χ1) is 11.8. The lowest BCUT2D eigenvalue weighted by atomic mass is 10.2. The van der Waals surface area contributed by atoms with Crippen molar-refractivity contribution >= 4 is 60.6 Å². The van der Waals surface area contributed by atoms with Gasteiger partial charge in [0.25, 0.3) is 9.70 Å². The van der Waals surface area contributed by atoms with E-state index in [1.807, 2.05) is 6.07 Å². The number of alkyl halides is 3. The molecule has 0 aromatic heterocycles. The Morgan fingerprint density at radius 1 is 1.23 bits per heavy atom. The molecular formula is C13H12Cl3N3O5S2. The predicted molar refractivity (Wildman–Crippen MR) is 96.1 cm³/mol. The number of amides is 1. The Kier molecular flexibility index (Phi) is 6.12. The molecule has 26 heavy (non-hydrogen) atoms. The van der Waals surface area contributed by atoms with Crippen LogP contribution in [0, 0.1) is 11.3 Å². The van der Waals surface area contributed by atoms with Crippen molar-refractivity contribution in [3.63, 3.8) is 0 Å². The Morgan fingerprint density at radius 3 is 2.42 bits per heavy atom. The molecule has 0 bridgehead atoms. The van der Waals surface area contributed by atoms with Crippen LogP contribution in [-0.4, -0.2) is 50.1 Å². The van der Waals surface area contributed by atoms with Gasteiger partial charge in [-0.3, -0.25) is 4.79 Å². The molecule has 1 aromatic rings. The van der Waals surface area contributed by atoms with Gasteiger partial charge in [-0.1, -0.05) is 40.9 Å². The first-order valence-corrected chi connectivity index (χ1v) is 11.4. The summed E-state index contributed by atoms with van der Waals surface area (Å²) in [5.74, 6) is -2.11. The van der Waals surface area contributed by atoms with Crippen LogP contribution in [0.5, 0.6) is 0 Å². The van der Waals surface area contributed by atoms with Gasteiger partial charge in [-0.25, -0.2) is 21.6 Å². The third-order valence-corrected chi connectivity index (χ3v) is 7.24. The Balaban J connectivity index is 2.27. The second-order valence-electron chi connectivity index (χ2n) is 5.52. The van der Waals surface area contributed by atoms with E-state index in [4.69, 9.17) is 40.1 Å². The van der Waals surface area contributed by atoms with Crippen molar-refractivity contribution < 1.29 is 21.6 Å². The van der Waals surface area contributed by atoms with Gasteiger partial charge in [-0.15, -0.1) is 0 Å². The van der Waals surface area contributed by atoms with Crippen LogP contribution in [0.25, 0.3) is 0 Å². The molecule has 2 rings (SSSR count). The number of sulfonamides is 1. The number of hydrogen-bond donors (Lipinski definition) is 2. The molecule has 1 aliphatic heterocycles. The summed E-state index contributed by atoms with van der Waals surface area (Å²) in [4.78, 5) is 11.6. The minimum Gasteiger partial charge on any atom is -0.347 e. The van der Waals surface area contributed by atoms with E-state index in [0.717, 1.165) is 6.07 Å². The van der Waals surface area contributed by atoms with Gasteiger partial charge in [0.2, 0.25) is 10.0 Å². The molecule has 1 heterocycles. The number of sulfone groups is 1. The van der Waals surface area contributed by atoms with Crippen molar-refractivity contribution in [3.05, 3.63) is 29.8 Å². The minimum absolute atomic E-state index is 0.118. The van der Waals surface area contributed by atoms with Gasteiger partial charge in [0.1, 0.15) is 0 Å². The molecule has 0 radical (unpaired) electrons. The summed E-state index contributed by atoms with van der Waals surface area (Å²) in [5, 5.41) is 11.1. The second kappa shape index (κ2) is 7.50. The lowest BCUT2D eigenvalue weighted by Gasteiger charge is -2.22. The minimum atomic E-state index is -4.15. The molecule has 13 heteroatoms. The molecule has 8 nitrogen and oxygen atoms in total. The van der Waals surface area contributed by atoms with Gasteiger partial charge >= 0.3 is 0 Å². The molecule has 0 saturated carbocycles. The van der Waals surface area contributed by atoms with E-state index in [1.165, 1.54) is 18.2 Å². The van der Waals surface area contributed by atoms with Crippen LogP contribution in [0.15, 0.2) is 29.2 Å². The Morgan fingerprint density at radius 2 is 1.85 bits per heavy atom.